The van der Waals surface area contributed by atoms with Crippen molar-refractivity contribution in [3.8, 4) is 5.75 Å². The van der Waals surface area contributed by atoms with Crippen LogP contribution in [0.2, 0.25) is 0 Å². The highest BCUT2D eigenvalue weighted by Gasteiger charge is 2.21. The molecule has 34 heavy (non-hydrogen) atoms. The average Bonchev–Trinajstić information content (AvgIpc) is 3.15. The summed E-state index contributed by atoms with van der Waals surface area (Å²) in [5, 5.41) is 3.36. The van der Waals surface area contributed by atoms with E-state index in [2.05, 4.69) is 17.4 Å². The molecule has 2 amide bonds. The molecule has 3 N–H and O–H groups in total. The van der Waals surface area contributed by atoms with Crippen LogP contribution in [0.25, 0.3) is 0 Å². The fourth-order valence-electron chi connectivity index (χ4n) is 3.73. The number of thiophene rings is 1. The second-order valence-electron chi connectivity index (χ2n) is 7.95. The highest BCUT2D eigenvalue weighted by atomic mass is 32.1. The number of carbonyl (C=O) groups excluding carboxylic acids is 2. The fourth-order valence-corrected chi connectivity index (χ4v) is 4.97. The number of nitrogens with two attached hydrogens (primary N) is 1. The smallest absolute Gasteiger partial charge is 0.256 e. The lowest BCUT2D eigenvalue weighted by atomic mass is 10.1. The molecule has 0 aliphatic carbocycles. The summed E-state index contributed by atoms with van der Waals surface area (Å²) in [6, 6.07) is 27.1. The molecule has 172 valence electrons. The van der Waals surface area contributed by atoms with Crippen molar-refractivity contribution in [2.24, 2.45) is 5.73 Å². The van der Waals surface area contributed by atoms with Gasteiger partial charge in [0.1, 0.15) is 10.8 Å². The van der Waals surface area contributed by atoms with Crippen molar-refractivity contribution in [3.05, 3.63) is 118 Å². The van der Waals surface area contributed by atoms with Crippen LogP contribution in [0.15, 0.2) is 84.9 Å². The Morgan fingerprint density at radius 3 is 2.26 bits per heavy atom. The van der Waals surface area contributed by atoms with Crippen molar-refractivity contribution >= 4 is 28.2 Å². The molecule has 4 rings (SSSR count). The molecule has 5 nitrogen and oxygen atoms in total. The number of ether oxygens (including phenoxy) is 1. The highest BCUT2D eigenvalue weighted by Crippen LogP contribution is 2.34. The summed E-state index contributed by atoms with van der Waals surface area (Å²) < 4.78 is 5.85. The lowest BCUT2D eigenvalue weighted by Gasteiger charge is -2.09. The number of rotatable bonds is 9. The molecule has 3 aromatic carbocycles. The van der Waals surface area contributed by atoms with Gasteiger partial charge in [0, 0.05) is 23.3 Å². The van der Waals surface area contributed by atoms with Crippen molar-refractivity contribution in [1.29, 1.82) is 0 Å². The van der Waals surface area contributed by atoms with Gasteiger partial charge in [-0.05, 0) is 41.8 Å². The summed E-state index contributed by atoms with van der Waals surface area (Å²) in [6.45, 7) is 2.37. The summed E-state index contributed by atoms with van der Waals surface area (Å²) in [7, 11) is 0. The molecule has 0 unspecified atom stereocenters. The molecule has 4 aromatic rings. The molecule has 1 heterocycles. The van der Waals surface area contributed by atoms with Gasteiger partial charge in [0.05, 0.1) is 12.2 Å². The second-order valence-corrected chi connectivity index (χ2v) is 9.05. The maximum absolute atomic E-state index is 13.0. The molecule has 0 saturated heterocycles. The summed E-state index contributed by atoms with van der Waals surface area (Å²) >= 11 is 1.38. The minimum absolute atomic E-state index is 0.316. The van der Waals surface area contributed by atoms with Gasteiger partial charge in [-0.25, -0.2) is 0 Å². The molecule has 0 bridgehead atoms. The van der Waals surface area contributed by atoms with Gasteiger partial charge in [-0.3, -0.25) is 9.59 Å². The maximum Gasteiger partial charge on any atom is 0.256 e. The van der Waals surface area contributed by atoms with Gasteiger partial charge in [-0.2, -0.15) is 0 Å². The van der Waals surface area contributed by atoms with Crippen LogP contribution in [-0.2, 0) is 12.8 Å². The Kier molecular flexibility index (Phi) is 7.40. The Labute approximate surface area is 203 Å². The van der Waals surface area contributed by atoms with Crippen molar-refractivity contribution in [2.75, 3.05) is 11.9 Å². The summed E-state index contributed by atoms with van der Waals surface area (Å²) in [6.07, 6.45) is 1.44. The molecular weight excluding hydrogens is 444 g/mol. The van der Waals surface area contributed by atoms with Crippen molar-refractivity contribution in [1.82, 2.24) is 0 Å². The average molecular weight is 471 g/mol. The molecule has 0 atom stereocenters. The predicted octanol–water partition coefficient (Wildman–Crippen LogP) is 5.62. The number of hydrogen-bond acceptors (Lipinski definition) is 4. The third-order valence-corrected chi connectivity index (χ3v) is 6.73. The van der Waals surface area contributed by atoms with Crippen LogP contribution in [0.5, 0.6) is 5.75 Å². The van der Waals surface area contributed by atoms with Crippen LogP contribution in [0.3, 0.4) is 0 Å². The number of amides is 2. The molecule has 0 radical (unpaired) electrons. The van der Waals surface area contributed by atoms with E-state index in [4.69, 9.17) is 10.5 Å². The first-order chi connectivity index (χ1) is 16.5. The number of primary amides is 1. The number of nitrogens with one attached hydrogen (secondary N) is 1. The predicted molar refractivity (Wildman–Crippen MR) is 137 cm³/mol. The van der Waals surface area contributed by atoms with E-state index in [9.17, 15) is 9.59 Å². The van der Waals surface area contributed by atoms with E-state index in [1.165, 1.54) is 16.9 Å². The van der Waals surface area contributed by atoms with Gasteiger partial charge >= 0.3 is 0 Å². The molecule has 0 aliphatic heterocycles. The van der Waals surface area contributed by atoms with Gasteiger partial charge in [-0.15, -0.1) is 11.3 Å². The minimum Gasteiger partial charge on any atom is -0.493 e. The van der Waals surface area contributed by atoms with Crippen molar-refractivity contribution in [3.63, 3.8) is 0 Å². The number of carbonyl (C=O) groups is 2. The van der Waals surface area contributed by atoms with Crippen molar-refractivity contribution in [2.45, 2.75) is 19.8 Å². The fraction of sp³-hybridized carbons (Fsp3) is 0.143. The zero-order chi connectivity index (χ0) is 23.9. The first-order valence-corrected chi connectivity index (χ1v) is 11.9. The third kappa shape index (κ3) is 5.71. The number of benzene rings is 3. The largest absolute Gasteiger partial charge is 0.493 e. The number of anilines is 1. The summed E-state index contributed by atoms with van der Waals surface area (Å²) in [5.41, 5.74) is 9.58. The molecular formula is C28H26N2O3S. The van der Waals surface area contributed by atoms with Crippen LogP contribution >= 0.6 is 11.3 Å². The minimum atomic E-state index is -0.554. The van der Waals surface area contributed by atoms with E-state index in [0.717, 1.165) is 22.4 Å². The molecule has 0 spiro atoms. The van der Waals surface area contributed by atoms with E-state index in [1.807, 2.05) is 61.5 Å². The van der Waals surface area contributed by atoms with Gasteiger partial charge in [-0.1, -0.05) is 66.7 Å². The quantitative estimate of drug-likeness (QED) is 0.333. The van der Waals surface area contributed by atoms with E-state index in [-0.39, 0.29) is 5.91 Å². The van der Waals surface area contributed by atoms with Crippen LogP contribution in [-0.4, -0.2) is 18.4 Å². The lowest BCUT2D eigenvalue weighted by Crippen LogP contribution is -2.17. The normalized spacial score (nSPS) is 10.6. The van der Waals surface area contributed by atoms with Crippen LogP contribution in [0, 0.1) is 6.92 Å². The topological polar surface area (TPSA) is 81.4 Å². The zero-order valence-electron chi connectivity index (χ0n) is 18.9. The van der Waals surface area contributed by atoms with Gasteiger partial charge in [0.15, 0.2) is 0 Å². The molecule has 0 aliphatic rings. The van der Waals surface area contributed by atoms with E-state index in [1.54, 1.807) is 18.2 Å². The highest BCUT2D eigenvalue weighted by molar-refractivity contribution is 7.17. The van der Waals surface area contributed by atoms with Crippen LogP contribution in [0.4, 0.5) is 5.00 Å². The van der Waals surface area contributed by atoms with Crippen LogP contribution < -0.4 is 15.8 Å². The molecule has 1 aromatic heterocycles. The Morgan fingerprint density at radius 1 is 0.912 bits per heavy atom. The van der Waals surface area contributed by atoms with E-state index < -0.39 is 5.91 Å². The Bertz CT molecular complexity index is 1280. The summed E-state index contributed by atoms with van der Waals surface area (Å²) in [5.74, 6) is -0.254. The van der Waals surface area contributed by atoms with E-state index in [0.29, 0.717) is 34.9 Å². The number of hydrogen-bond donors (Lipinski definition) is 2. The Hall–Kier alpha value is -3.90. The first-order valence-electron chi connectivity index (χ1n) is 11.1. The standard InChI is InChI=1S/C28H26N2O3S/c1-19-24(17-21-11-6-3-7-12-21)34-28(25(19)26(29)31)30-27(32)22-13-8-14-23(18-22)33-16-15-20-9-4-2-5-10-20/h2-14,18H,15-17H2,1H3,(H2,29,31)(H,30,32). The SMILES string of the molecule is Cc1c(Cc2ccccc2)sc(NC(=O)c2cccc(OCCc3ccccc3)c2)c1C(N)=O. The molecule has 6 heteroatoms. The van der Waals surface area contributed by atoms with Crippen LogP contribution in [0.1, 0.15) is 42.3 Å². The Balaban J connectivity index is 1.47. The third-order valence-electron chi connectivity index (χ3n) is 5.53. The van der Waals surface area contributed by atoms with E-state index >= 15 is 0 Å². The van der Waals surface area contributed by atoms with Gasteiger partial charge in [0.25, 0.3) is 11.8 Å². The Morgan fingerprint density at radius 2 is 1.59 bits per heavy atom. The van der Waals surface area contributed by atoms with Crippen molar-refractivity contribution < 1.29 is 14.3 Å². The summed E-state index contributed by atoms with van der Waals surface area (Å²) in [4.78, 5) is 26.2. The molecule has 0 saturated carbocycles. The van der Waals surface area contributed by atoms with Gasteiger partial charge in [0.2, 0.25) is 0 Å². The maximum atomic E-state index is 13.0. The second kappa shape index (κ2) is 10.8. The monoisotopic (exact) mass is 470 g/mol. The zero-order valence-corrected chi connectivity index (χ0v) is 19.7. The molecule has 0 fully saturated rings. The van der Waals surface area contributed by atoms with Gasteiger partial charge < -0.3 is 15.8 Å². The first kappa shape index (κ1) is 23.3. The lowest BCUT2D eigenvalue weighted by molar-refractivity contribution is 0.100.